The molecule has 1 atom stereocenters. The zero-order valence-electron chi connectivity index (χ0n) is 16.0. The zero-order chi connectivity index (χ0) is 21.2. The Hall–Kier alpha value is -2.84. The highest BCUT2D eigenvalue weighted by molar-refractivity contribution is 5.86. The predicted octanol–water partition coefficient (Wildman–Crippen LogP) is 4.16. The molecule has 5 nitrogen and oxygen atoms in total. The van der Waals surface area contributed by atoms with Gasteiger partial charge in [-0.3, -0.25) is 4.79 Å². The average Bonchev–Trinajstić information content (AvgIpc) is 2.93. The Labute approximate surface area is 165 Å². The van der Waals surface area contributed by atoms with Gasteiger partial charge < -0.3 is 14.5 Å². The van der Waals surface area contributed by atoms with Crippen molar-refractivity contribution in [1.29, 1.82) is 0 Å². The van der Waals surface area contributed by atoms with Gasteiger partial charge in [0.15, 0.2) is 0 Å². The number of benzene rings is 2. The van der Waals surface area contributed by atoms with Crippen LogP contribution in [0.4, 0.5) is 13.2 Å². The maximum atomic E-state index is 13.4. The van der Waals surface area contributed by atoms with Gasteiger partial charge in [0.1, 0.15) is 6.04 Å². The molecule has 0 spiro atoms. The molecular weight excluding hydrogens is 385 g/mol. The molecule has 0 aliphatic rings. The third-order valence-electron chi connectivity index (χ3n) is 4.98. The Morgan fingerprint density at radius 3 is 2.48 bits per heavy atom. The number of carboxylic acids is 1. The van der Waals surface area contributed by atoms with Crippen LogP contribution in [0.1, 0.15) is 22.4 Å². The van der Waals surface area contributed by atoms with E-state index in [-0.39, 0.29) is 18.5 Å². The highest BCUT2D eigenvalue weighted by atomic mass is 19.4. The number of fused-ring (bicyclic) bond motifs is 1. The summed E-state index contributed by atoms with van der Waals surface area (Å²) >= 11 is 0. The third kappa shape index (κ3) is 4.28. The first kappa shape index (κ1) is 20.9. The van der Waals surface area contributed by atoms with Gasteiger partial charge in [-0.25, -0.2) is 0 Å². The second-order valence-corrected chi connectivity index (χ2v) is 6.74. The summed E-state index contributed by atoms with van der Waals surface area (Å²) in [5, 5.41) is 10.2. The number of halogens is 3. The summed E-state index contributed by atoms with van der Waals surface area (Å²) in [6.07, 6.45) is -4.32. The maximum absolute atomic E-state index is 13.4. The van der Waals surface area contributed by atoms with Crippen molar-refractivity contribution in [2.45, 2.75) is 32.1 Å². The van der Waals surface area contributed by atoms with Crippen molar-refractivity contribution in [3.63, 3.8) is 0 Å². The monoisotopic (exact) mass is 406 g/mol. The van der Waals surface area contributed by atoms with E-state index < -0.39 is 23.8 Å². The molecule has 0 bridgehead atoms. The fraction of sp³-hybridized carbons (Fsp3) is 0.286. The SMILES string of the molecule is CONC(Cc1c(C)n(Cc2ccccc2C(F)(F)F)c2ccccc12)C(=O)O. The summed E-state index contributed by atoms with van der Waals surface area (Å²) < 4.78 is 42.1. The minimum absolute atomic E-state index is 0.0253. The van der Waals surface area contributed by atoms with Gasteiger partial charge in [0.2, 0.25) is 0 Å². The van der Waals surface area contributed by atoms with Gasteiger partial charge in [-0.05, 0) is 30.2 Å². The topological polar surface area (TPSA) is 63.5 Å². The lowest BCUT2D eigenvalue weighted by Gasteiger charge is -2.16. The Balaban J connectivity index is 2.09. The molecule has 154 valence electrons. The molecule has 0 fully saturated rings. The van der Waals surface area contributed by atoms with Crippen molar-refractivity contribution in [1.82, 2.24) is 10.0 Å². The number of carboxylic acid groups (broad SMARTS) is 1. The minimum atomic E-state index is -4.45. The smallest absolute Gasteiger partial charge is 0.416 e. The largest absolute Gasteiger partial charge is 0.480 e. The van der Waals surface area contributed by atoms with Gasteiger partial charge >= 0.3 is 12.1 Å². The summed E-state index contributed by atoms with van der Waals surface area (Å²) in [5.74, 6) is -1.08. The molecule has 0 saturated heterocycles. The van der Waals surface area contributed by atoms with Gasteiger partial charge in [-0.15, -0.1) is 0 Å². The molecule has 3 rings (SSSR count). The Bertz CT molecular complexity index is 1030. The first-order chi connectivity index (χ1) is 13.7. The molecule has 0 aliphatic carbocycles. The summed E-state index contributed by atoms with van der Waals surface area (Å²) in [6, 6.07) is 11.8. The summed E-state index contributed by atoms with van der Waals surface area (Å²) in [4.78, 5) is 16.3. The van der Waals surface area contributed by atoms with Gasteiger partial charge in [-0.2, -0.15) is 18.7 Å². The number of hydrogen-bond donors (Lipinski definition) is 2. The van der Waals surface area contributed by atoms with Crippen LogP contribution in [0.15, 0.2) is 48.5 Å². The van der Waals surface area contributed by atoms with Crippen LogP contribution in [0.25, 0.3) is 10.9 Å². The number of aromatic nitrogens is 1. The molecule has 0 amide bonds. The lowest BCUT2D eigenvalue weighted by Crippen LogP contribution is -2.37. The molecular formula is C21H21F3N2O3. The van der Waals surface area contributed by atoms with E-state index >= 15 is 0 Å². The maximum Gasteiger partial charge on any atom is 0.416 e. The number of aliphatic carboxylic acids is 1. The van der Waals surface area contributed by atoms with E-state index in [0.29, 0.717) is 5.69 Å². The van der Waals surface area contributed by atoms with Gasteiger partial charge in [-0.1, -0.05) is 36.4 Å². The number of nitrogens with one attached hydrogen (secondary N) is 1. The molecule has 0 radical (unpaired) electrons. The molecule has 3 aromatic rings. The molecule has 1 aromatic heterocycles. The zero-order valence-corrected chi connectivity index (χ0v) is 16.0. The average molecular weight is 406 g/mol. The number of nitrogens with zero attached hydrogens (tertiary/aromatic N) is 1. The van der Waals surface area contributed by atoms with Gasteiger partial charge in [0.05, 0.1) is 12.7 Å². The van der Waals surface area contributed by atoms with E-state index in [0.717, 1.165) is 22.5 Å². The molecule has 0 saturated carbocycles. The highest BCUT2D eigenvalue weighted by Gasteiger charge is 2.33. The highest BCUT2D eigenvalue weighted by Crippen LogP contribution is 2.34. The molecule has 0 aliphatic heterocycles. The normalized spacial score (nSPS) is 13.0. The van der Waals surface area contributed by atoms with E-state index in [2.05, 4.69) is 5.48 Å². The number of para-hydroxylation sites is 1. The van der Waals surface area contributed by atoms with E-state index in [1.807, 2.05) is 18.2 Å². The van der Waals surface area contributed by atoms with E-state index in [1.54, 1.807) is 23.6 Å². The number of carbonyl (C=O) groups is 1. The number of rotatable bonds is 7. The number of hydroxylamine groups is 1. The molecule has 2 aromatic carbocycles. The first-order valence-corrected chi connectivity index (χ1v) is 8.97. The second-order valence-electron chi connectivity index (χ2n) is 6.74. The van der Waals surface area contributed by atoms with Crippen molar-refractivity contribution in [3.05, 3.63) is 70.9 Å². The summed E-state index contributed by atoms with van der Waals surface area (Å²) in [5.41, 5.74) is 4.14. The Morgan fingerprint density at radius 1 is 1.17 bits per heavy atom. The lowest BCUT2D eigenvalue weighted by molar-refractivity contribution is -0.143. The van der Waals surface area contributed by atoms with Crippen LogP contribution in [-0.2, 0) is 28.8 Å². The predicted molar refractivity (Wildman–Crippen MR) is 102 cm³/mol. The van der Waals surface area contributed by atoms with Crippen LogP contribution in [-0.4, -0.2) is 28.8 Å². The molecule has 29 heavy (non-hydrogen) atoms. The second kappa shape index (κ2) is 8.26. The van der Waals surface area contributed by atoms with Gasteiger partial charge in [0.25, 0.3) is 0 Å². The van der Waals surface area contributed by atoms with E-state index in [9.17, 15) is 23.1 Å². The van der Waals surface area contributed by atoms with Crippen molar-refractivity contribution in [2.75, 3.05) is 7.11 Å². The minimum Gasteiger partial charge on any atom is -0.480 e. The standard InChI is InChI=1S/C21H21F3N2O3/c1-13-16(11-18(20(27)28)25-29-2)15-8-4-6-10-19(15)26(13)12-14-7-3-5-9-17(14)21(22,23)24/h3-10,18,25H,11-12H2,1-2H3,(H,27,28). The molecule has 8 heteroatoms. The number of hydrogen-bond acceptors (Lipinski definition) is 3. The van der Waals surface area contributed by atoms with Crippen LogP contribution in [0.3, 0.4) is 0 Å². The van der Waals surface area contributed by atoms with Crippen molar-refractivity contribution >= 4 is 16.9 Å². The van der Waals surface area contributed by atoms with Crippen LogP contribution in [0.5, 0.6) is 0 Å². The number of alkyl halides is 3. The molecule has 1 heterocycles. The van der Waals surface area contributed by atoms with E-state index in [1.165, 1.54) is 19.2 Å². The van der Waals surface area contributed by atoms with Crippen molar-refractivity contribution in [3.8, 4) is 0 Å². The molecule has 1 unspecified atom stereocenters. The van der Waals surface area contributed by atoms with Gasteiger partial charge in [0, 0.05) is 29.6 Å². The molecule has 2 N–H and O–H groups in total. The van der Waals surface area contributed by atoms with Crippen LogP contribution < -0.4 is 5.48 Å². The van der Waals surface area contributed by atoms with Crippen LogP contribution >= 0.6 is 0 Å². The first-order valence-electron chi connectivity index (χ1n) is 8.97. The Morgan fingerprint density at radius 2 is 1.83 bits per heavy atom. The van der Waals surface area contributed by atoms with Crippen molar-refractivity contribution in [2.24, 2.45) is 0 Å². The fourth-order valence-electron chi connectivity index (χ4n) is 3.59. The van der Waals surface area contributed by atoms with E-state index in [4.69, 9.17) is 4.84 Å². The summed E-state index contributed by atoms with van der Waals surface area (Å²) in [7, 11) is 1.33. The summed E-state index contributed by atoms with van der Waals surface area (Å²) in [6.45, 7) is 1.81. The Kier molecular flexibility index (Phi) is 5.95. The van der Waals surface area contributed by atoms with Crippen LogP contribution in [0.2, 0.25) is 0 Å². The van der Waals surface area contributed by atoms with Crippen LogP contribution in [0, 0.1) is 6.92 Å². The van der Waals surface area contributed by atoms with Crippen molar-refractivity contribution < 1.29 is 27.9 Å². The lowest BCUT2D eigenvalue weighted by atomic mass is 10.0. The fourth-order valence-corrected chi connectivity index (χ4v) is 3.59. The third-order valence-corrected chi connectivity index (χ3v) is 4.98. The quantitative estimate of drug-likeness (QED) is 0.579.